The van der Waals surface area contributed by atoms with Crippen LogP contribution >= 0.6 is 46.3 Å². The number of hydrogen-bond acceptors (Lipinski definition) is 7. The minimum atomic E-state index is -3.59. The SMILES string of the molecule is CCSc1nnc(NC(=O)C2CCCN(S(=O)(=O)Cc3ccc(Cl)c(Cl)c3)C2)s1. The van der Waals surface area contributed by atoms with Gasteiger partial charge < -0.3 is 5.32 Å². The number of piperidine rings is 1. The summed E-state index contributed by atoms with van der Waals surface area (Å²) in [7, 11) is -3.59. The quantitative estimate of drug-likeness (QED) is 0.459. The van der Waals surface area contributed by atoms with Crippen LogP contribution in [0.5, 0.6) is 0 Å². The third-order valence-electron chi connectivity index (χ3n) is 4.39. The monoisotopic (exact) mass is 494 g/mol. The van der Waals surface area contributed by atoms with Crippen molar-refractivity contribution in [1.82, 2.24) is 14.5 Å². The van der Waals surface area contributed by atoms with Crippen LogP contribution in [0.4, 0.5) is 5.13 Å². The Labute approximate surface area is 188 Å². The number of aromatic nitrogens is 2. The Morgan fingerprint density at radius 3 is 2.86 bits per heavy atom. The molecule has 0 saturated carbocycles. The second-order valence-corrected chi connectivity index (χ2v) is 11.8. The van der Waals surface area contributed by atoms with Crippen molar-refractivity contribution < 1.29 is 13.2 Å². The highest BCUT2D eigenvalue weighted by atomic mass is 35.5. The molecular formula is C17H20Cl2N4O3S3. The van der Waals surface area contributed by atoms with Gasteiger partial charge in [-0.1, -0.05) is 59.3 Å². The van der Waals surface area contributed by atoms with E-state index >= 15 is 0 Å². The summed E-state index contributed by atoms with van der Waals surface area (Å²) in [4.78, 5) is 12.6. The molecule has 1 N–H and O–H groups in total. The van der Waals surface area contributed by atoms with E-state index in [2.05, 4.69) is 15.5 Å². The molecule has 1 amide bonds. The van der Waals surface area contributed by atoms with Crippen molar-refractivity contribution in [1.29, 1.82) is 0 Å². The van der Waals surface area contributed by atoms with E-state index in [1.54, 1.807) is 30.0 Å². The molecule has 12 heteroatoms. The highest BCUT2D eigenvalue weighted by Gasteiger charge is 2.32. The molecule has 0 radical (unpaired) electrons. The highest BCUT2D eigenvalue weighted by Crippen LogP contribution is 2.28. The minimum Gasteiger partial charge on any atom is -0.300 e. The lowest BCUT2D eigenvalue weighted by molar-refractivity contribution is -0.120. The van der Waals surface area contributed by atoms with Gasteiger partial charge >= 0.3 is 0 Å². The van der Waals surface area contributed by atoms with Crippen molar-refractivity contribution in [2.75, 3.05) is 24.2 Å². The number of sulfonamides is 1. The summed E-state index contributed by atoms with van der Waals surface area (Å²) in [6, 6.07) is 4.77. The number of thioether (sulfide) groups is 1. The molecule has 2 heterocycles. The average molecular weight is 495 g/mol. The van der Waals surface area contributed by atoms with E-state index < -0.39 is 15.9 Å². The number of nitrogens with zero attached hydrogens (tertiary/aromatic N) is 3. The summed E-state index contributed by atoms with van der Waals surface area (Å²) >= 11 is 14.7. The molecule has 1 aromatic heterocycles. The maximum Gasteiger partial charge on any atom is 0.230 e. The van der Waals surface area contributed by atoms with Crippen LogP contribution in [0.1, 0.15) is 25.3 Å². The van der Waals surface area contributed by atoms with Gasteiger partial charge in [-0.3, -0.25) is 4.79 Å². The number of benzene rings is 1. The van der Waals surface area contributed by atoms with E-state index in [0.717, 1.165) is 10.1 Å². The second-order valence-electron chi connectivity index (χ2n) is 6.50. The Bertz CT molecular complexity index is 984. The van der Waals surface area contributed by atoms with E-state index in [9.17, 15) is 13.2 Å². The van der Waals surface area contributed by atoms with Crippen molar-refractivity contribution in [2.24, 2.45) is 5.92 Å². The third kappa shape index (κ3) is 6.05. The molecule has 0 aliphatic carbocycles. The van der Waals surface area contributed by atoms with Crippen LogP contribution in [0, 0.1) is 5.92 Å². The standard InChI is InChI=1S/C17H20Cl2N4O3S3/c1-2-27-17-22-21-16(28-17)20-15(24)12-4-3-7-23(9-12)29(25,26)10-11-5-6-13(18)14(19)8-11/h5-6,8,12H,2-4,7,9-10H2,1H3,(H,20,21,24). The van der Waals surface area contributed by atoms with Gasteiger partial charge in [-0.2, -0.15) is 0 Å². The lowest BCUT2D eigenvalue weighted by atomic mass is 9.99. The zero-order valence-electron chi connectivity index (χ0n) is 15.6. The first-order valence-corrected chi connectivity index (χ1v) is 13.1. The summed E-state index contributed by atoms with van der Waals surface area (Å²) in [5, 5.41) is 11.9. The van der Waals surface area contributed by atoms with Gasteiger partial charge in [0.05, 0.1) is 21.7 Å². The van der Waals surface area contributed by atoms with Gasteiger partial charge in [0, 0.05) is 13.1 Å². The molecule has 2 aromatic rings. The van der Waals surface area contributed by atoms with Crippen LogP contribution in [0.25, 0.3) is 0 Å². The van der Waals surface area contributed by atoms with Crippen LogP contribution in [0.15, 0.2) is 22.5 Å². The van der Waals surface area contributed by atoms with Crippen LogP contribution in [-0.4, -0.2) is 47.7 Å². The fourth-order valence-corrected chi connectivity index (χ4v) is 6.56. The summed E-state index contributed by atoms with van der Waals surface area (Å²) in [6.07, 6.45) is 1.24. The number of rotatable bonds is 7. The van der Waals surface area contributed by atoms with E-state index in [-0.39, 0.29) is 18.2 Å². The number of halogens is 2. The Balaban J connectivity index is 1.63. The molecule has 1 aliphatic rings. The summed E-state index contributed by atoms with van der Waals surface area (Å²) in [5.41, 5.74) is 0.556. The van der Waals surface area contributed by atoms with Gasteiger partial charge in [0.15, 0.2) is 4.34 Å². The molecule has 0 bridgehead atoms. The molecule has 158 valence electrons. The molecule has 3 rings (SSSR count). The molecule has 0 spiro atoms. The van der Waals surface area contributed by atoms with Gasteiger partial charge in [-0.25, -0.2) is 12.7 Å². The van der Waals surface area contributed by atoms with Crippen molar-refractivity contribution in [3.8, 4) is 0 Å². The average Bonchev–Trinajstić information content (AvgIpc) is 3.12. The van der Waals surface area contributed by atoms with Gasteiger partial charge in [0.1, 0.15) is 0 Å². The number of nitrogens with one attached hydrogen (secondary N) is 1. The molecular weight excluding hydrogens is 475 g/mol. The largest absolute Gasteiger partial charge is 0.300 e. The number of amides is 1. The highest BCUT2D eigenvalue weighted by molar-refractivity contribution is 8.01. The lowest BCUT2D eigenvalue weighted by Gasteiger charge is -2.31. The Morgan fingerprint density at radius 1 is 1.34 bits per heavy atom. The van der Waals surface area contributed by atoms with Crippen LogP contribution in [0.3, 0.4) is 0 Å². The number of anilines is 1. The minimum absolute atomic E-state index is 0.144. The van der Waals surface area contributed by atoms with Gasteiger partial charge in [0.2, 0.25) is 21.1 Å². The fourth-order valence-electron chi connectivity index (χ4n) is 2.99. The van der Waals surface area contributed by atoms with Crippen molar-refractivity contribution in [2.45, 2.75) is 29.9 Å². The fraction of sp³-hybridized carbons (Fsp3) is 0.471. The van der Waals surface area contributed by atoms with Crippen molar-refractivity contribution in [3.05, 3.63) is 33.8 Å². The molecule has 29 heavy (non-hydrogen) atoms. The zero-order valence-corrected chi connectivity index (χ0v) is 19.6. The normalized spacial score (nSPS) is 18.0. The molecule has 1 aromatic carbocycles. The second kappa shape index (κ2) is 9.93. The van der Waals surface area contributed by atoms with E-state index in [1.807, 2.05) is 6.92 Å². The molecule has 7 nitrogen and oxygen atoms in total. The third-order valence-corrected chi connectivity index (χ3v) is 8.80. The molecule has 1 saturated heterocycles. The molecule has 1 aliphatic heterocycles. The van der Waals surface area contributed by atoms with E-state index in [1.165, 1.54) is 15.6 Å². The Hall–Kier alpha value is -0.910. The zero-order chi connectivity index (χ0) is 21.0. The molecule has 1 unspecified atom stereocenters. The van der Waals surface area contributed by atoms with Crippen LogP contribution in [-0.2, 0) is 20.6 Å². The summed E-state index contributed by atoms with van der Waals surface area (Å²) < 4.78 is 27.9. The first-order valence-electron chi connectivity index (χ1n) is 8.97. The summed E-state index contributed by atoms with van der Waals surface area (Å²) in [5.74, 6) is 0.0189. The topological polar surface area (TPSA) is 92.3 Å². The van der Waals surface area contributed by atoms with Crippen LogP contribution < -0.4 is 5.32 Å². The first kappa shape index (κ1) is 22.8. The van der Waals surface area contributed by atoms with Gasteiger partial charge in [0.25, 0.3) is 0 Å². The smallest absolute Gasteiger partial charge is 0.230 e. The van der Waals surface area contributed by atoms with Crippen molar-refractivity contribution in [3.63, 3.8) is 0 Å². The number of carbonyl (C=O) groups is 1. The van der Waals surface area contributed by atoms with E-state index in [0.29, 0.717) is 40.1 Å². The van der Waals surface area contributed by atoms with Gasteiger partial charge in [-0.05, 0) is 36.3 Å². The Morgan fingerprint density at radius 2 is 2.14 bits per heavy atom. The predicted molar refractivity (Wildman–Crippen MR) is 118 cm³/mol. The number of hydrogen-bond donors (Lipinski definition) is 1. The van der Waals surface area contributed by atoms with E-state index in [4.69, 9.17) is 23.2 Å². The molecule has 1 atom stereocenters. The lowest BCUT2D eigenvalue weighted by Crippen LogP contribution is -2.44. The summed E-state index contributed by atoms with van der Waals surface area (Å²) in [6.45, 7) is 2.55. The first-order chi connectivity index (χ1) is 13.8. The predicted octanol–water partition coefficient (Wildman–Crippen LogP) is 4.14. The van der Waals surface area contributed by atoms with Crippen LogP contribution in [0.2, 0.25) is 10.0 Å². The number of carbonyl (C=O) groups excluding carboxylic acids is 1. The molecule has 1 fully saturated rings. The maximum atomic E-state index is 12.8. The Kier molecular flexibility index (Phi) is 7.80. The van der Waals surface area contributed by atoms with Gasteiger partial charge in [-0.15, -0.1) is 10.2 Å². The van der Waals surface area contributed by atoms with Crippen molar-refractivity contribution >= 4 is 67.4 Å². The maximum absolute atomic E-state index is 12.8.